The van der Waals surface area contributed by atoms with Crippen molar-refractivity contribution < 1.29 is 21.6 Å². The maximum atomic E-state index is 12.7. The Labute approximate surface area is 76.1 Å². The summed E-state index contributed by atoms with van der Waals surface area (Å²) < 4.78 is 59.0. The standard InChI is InChI=1S/C7H13F3O2S/c1-3-6(8)4-7(9,10)5-13(2,11)12/h6H,3-5H2,1-2H3. The van der Waals surface area contributed by atoms with Gasteiger partial charge in [0.05, 0.1) is 0 Å². The van der Waals surface area contributed by atoms with Gasteiger partial charge in [-0.1, -0.05) is 6.92 Å². The second kappa shape index (κ2) is 4.30. The molecule has 0 aromatic carbocycles. The summed E-state index contributed by atoms with van der Waals surface area (Å²) in [5.41, 5.74) is 0. The molecule has 0 aliphatic carbocycles. The SMILES string of the molecule is CCC(F)CC(F)(F)CS(C)(=O)=O. The van der Waals surface area contributed by atoms with E-state index in [9.17, 15) is 21.6 Å². The molecule has 6 heteroatoms. The predicted octanol–water partition coefficient (Wildman–Crippen LogP) is 1.80. The molecule has 1 atom stereocenters. The molecule has 0 spiro atoms. The van der Waals surface area contributed by atoms with Crippen LogP contribution in [0.25, 0.3) is 0 Å². The Kier molecular flexibility index (Phi) is 4.22. The highest BCUT2D eigenvalue weighted by molar-refractivity contribution is 7.90. The minimum absolute atomic E-state index is 0.0284. The van der Waals surface area contributed by atoms with Gasteiger partial charge < -0.3 is 0 Å². The van der Waals surface area contributed by atoms with Gasteiger partial charge >= 0.3 is 0 Å². The zero-order valence-corrected chi connectivity index (χ0v) is 8.37. The number of halogens is 3. The van der Waals surface area contributed by atoms with Gasteiger partial charge in [0.25, 0.3) is 5.92 Å². The number of hydrogen-bond acceptors (Lipinski definition) is 2. The lowest BCUT2D eigenvalue weighted by Gasteiger charge is -2.16. The van der Waals surface area contributed by atoms with E-state index in [0.717, 1.165) is 0 Å². The van der Waals surface area contributed by atoms with Crippen LogP contribution in [0.15, 0.2) is 0 Å². The van der Waals surface area contributed by atoms with Crippen LogP contribution >= 0.6 is 0 Å². The molecule has 0 aromatic rings. The lowest BCUT2D eigenvalue weighted by molar-refractivity contribution is -0.00642. The lowest BCUT2D eigenvalue weighted by Crippen LogP contribution is -2.30. The van der Waals surface area contributed by atoms with Gasteiger partial charge in [-0.05, 0) is 6.42 Å². The molecule has 0 aromatic heterocycles. The molecule has 0 saturated carbocycles. The van der Waals surface area contributed by atoms with E-state index in [0.29, 0.717) is 6.26 Å². The zero-order valence-electron chi connectivity index (χ0n) is 7.56. The Hall–Kier alpha value is -0.260. The third kappa shape index (κ3) is 6.86. The molecular formula is C7H13F3O2S. The van der Waals surface area contributed by atoms with Gasteiger partial charge in [-0.15, -0.1) is 0 Å². The molecule has 1 unspecified atom stereocenters. The van der Waals surface area contributed by atoms with Crippen LogP contribution in [0.3, 0.4) is 0 Å². The van der Waals surface area contributed by atoms with Gasteiger partial charge in [0, 0.05) is 12.7 Å². The topological polar surface area (TPSA) is 34.1 Å². The van der Waals surface area contributed by atoms with Crippen molar-refractivity contribution in [3.8, 4) is 0 Å². The molecule has 0 aliphatic heterocycles. The van der Waals surface area contributed by atoms with E-state index in [2.05, 4.69) is 0 Å². The molecule has 0 rings (SSSR count). The molecule has 0 fully saturated rings. The summed E-state index contributed by atoms with van der Waals surface area (Å²) in [5.74, 6) is -4.73. The third-order valence-electron chi connectivity index (χ3n) is 1.44. The predicted molar refractivity (Wildman–Crippen MR) is 44.5 cm³/mol. The Morgan fingerprint density at radius 1 is 1.38 bits per heavy atom. The van der Waals surface area contributed by atoms with Crippen molar-refractivity contribution in [2.45, 2.75) is 31.9 Å². The quantitative estimate of drug-likeness (QED) is 0.705. The molecule has 80 valence electrons. The average molecular weight is 218 g/mol. The van der Waals surface area contributed by atoms with E-state index in [-0.39, 0.29) is 6.42 Å². The van der Waals surface area contributed by atoms with Crippen LogP contribution in [0.2, 0.25) is 0 Å². The Morgan fingerprint density at radius 2 is 1.85 bits per heavy atom. The van der Waals surface area contributed by atoms with Crippen LogP contribution in [0.4, 0.5) is 13.2 Å². The maximum absolute atomic E-state index is 12.7. The summed E-state index contributed by atoms with van der Waals surface area (Å²) in [7, 11) is -3.75. The largest absolute Gasteiger partial charge is 0.264 e. The minimum Gasteiger partial charge on any atom is -0.247 e. The molecule has 2 nitrogen and oxygen atoms in total. The summed E-state index contributed by atoms with van der Waals surface area (Å²) in [6.45, 7) is 1.43. The van der Waals surface area contributed by atoms with E-state index in [1.807, 2.05) is 0 Å². The van der Waals surface area contributed by atoms with Gasteiger partial charge in [-0.2, -0.15) is 0 Å². The molecule has 0 radical (unpaired) electrons. The second-order valence-electron chi connectivity index (χ2n) is 3.14. The number of sulfone groups is 1. The highest BCUT2D eigenvalue weighted by Crippen LogP contribution is 2.24. The van der Waals surface area contributed by atoms with Crippen molar-refractivity contribution in [3.63, 3.8) is 0 Å². The number of alkyl halides is 3. The van der Waals surface area contributed by atoms with Crippen LogP contribution in [0, 0.1) is 0 Å². The molecule has 0 amide bonds. The van der Waals surface area contributed by atoms with Gasteiger partial charge in [-0.25, -0.2) is 21.6 Å². The van der Waals surface area contributed by atoms with Gasteiger partial charge in [0.15, 0.2) is 9.84 Å². The van der Waals surface area contributed by atoms with Crippen molar-refractivity contribution >= 4 is 9.84 Å². The molecule has 0 saturated heterocycles. The molecule has 0 aliphatic rings. The lowest BCUT2D eigenvalue weighted by atomic mass is 10.1. The van der Waals surface area contributed by atoms with Crippen LogP contribution in [-0.2, 0) is 9.84 Å². The fraction of sp³-hybridized carbons (Fsp3) is 1.00. The summed E-state index contributed by atoms with van der Waals surface area (Å²) in [6.07, 6.45) is -1.98. The zero-order chi connectivity index (χ0) is 10.7. The first-order valence-corrected chi connectivity index (χ1v) is 5.92. The highest BCUT2D eigenvalue weighted by Gasteiger charge is 2.36. The van der Waals surface area contributed by atoms with E-state index >= 15 is 0 Å². The van der Waals surface area contributed by atoms with Crippen molar-refractivity contribution in [2.75, 3.05) is 12.0 Å². The second-order valence-corrected chi connectivity index (χ2v) is 5.28. The Bertz CT molecular complexity index is 248. The van der Waals surface area contributed by atoms with Crippen molar-refractivity contribution in [3.05, 3.63) is 0 Å². The van der Waals surface area contributed by atoms with E-state index in [4.69, 9.17) is 0 Å². The molecule has 13 heavy (non-hydrogen) atoms. The first-order chi connectivity index (χ1) is 5.66. The molecular weight excluding hydrogens is 205 g/mol. The van der Waals surface area contributed by atoms with Crippen molar-refractivity contribution in [1.82, 2.24) is 0 Å². The summed E-state index contributed by atoms with van der Waals surface area (Å²) >= 11 is 0. The van der Waals surface area contributed by atoms with Gasteiger partial charge in [-0.3, -0.25) is 0 Å². The van der Waals surface area contributed by atoms with Crippen molar-refractivity contribution in [2.24, 2.45) is 0 Å². The monoisotopic (exact) mass is 218 g/mol. The first kappa shape index (κ1) is 12.7. The average Bonchev–Trinajstić information content (AvgIpc) is 1.80. The minimum atomic E-state index is -3.75. The van der Waals surface area contributed by atoms with E-state index in [1.54, 1.807) is 0 Å². The third-order valence-corrected chi connectivity index (χ3v) is 2.38. The Balaban J connectivity index is 4.24. The number of rotatable bonds is 5. The first-order valence-electron chi connectivity index (χ1n) is 3.86. The highest BCUT2D eigenvalue weighted by atomic mass is 32.2. The summed E-state index contributed by atoms with van der Waals surface area (Å²) in [6, 6.07) is 0. The van der Waals surface area contributed by atoms with Gasteiger partial charge in [0.2, 0.25) is 0 Å². The van der Waals surface area contributed by atoms with Crippen molar-refractivity contribution in [1.29, 1.82) is 0 Å². The summed E-state index contributed by atoms with van der Waals surface area (Å²) in [5, 5.41) is 0. The van der Waals surface area contributed by atoms with E-state index in [1.165, 1.54) is 6.92 Å². The van der Waals surface area contributed by atoms with Crippen LogP contribution in [0.1, 0.15) is 19.8 Å². The number of hydrogen-bond donors (Lipinski definition) is 0. The van der Waals surface area contributed by atoms with Crippen LogP contribution in [0.5, 0.6) is 0 Å². The molecule has 0 heterocycles. The van der Waals surface area contributed by atoms with Crippen LogP contribution < -0.4 is 0 Å². The normalized spacial score (nSPS) is 15.8. The van der Waals surface area contributed by atoms with Gasteiger partial charge in [0.1, 0.15) is 11.9 Å². The molecule has 0 N–H and O–H groups in total. The smallest absolute Gasteiger partial charge is 0.247 e. The molecule has 0 bridgehead atoms. The fourth-order valence-electron chi connectivity index (χ4n) is 0.911. The fourth-order valence-corrected chi connectivity index (χ4v) is 1.80. The Morgan fingerprint density at radius 3 is 2.15 bits per heavy atom. The van der Waals surface area contributed by atoms with E-state index < -0.39 is 34.1 Å². The van der Waals surface area contributed by atoms with Crippen LogP contribution in [-0.4, -0.2) is 32.5 Å². The summed E-state index contributed by atoms with van der Waals surface area (Å²) in [4.78, 5) is 0. The maximum Gasteiger partial charge on any atom is 0.264 e.